The lowest BCUT2D eigenvalue weighted by atomic mass is 10.1. The van der Waals surface area contributed by atoms with E-state index in [0.29, 0.717) is 0 Å². The van der Waals surface area contributed by atoms with Crippen molar-refractivity contribution < 1.29 is 13.3 Å². The Bertz CT molecular complexity index is 841. The van der Waals surface area contributed by atoms with E-state index in [1.807, 2.05) is 0 Å². The molecule has 1 aromatic carbocycles. The van der Waals surface area contributed by atoms with E-state index in [0.717, 1.165) is 30.7 Å². The third-order valence-electron chi connectivity index (χ3n) is 3.31. The number of aliphatic imine (C=N–C) groups is 1. The van der Waals surface area contributed by atoms with Crippen molar-refractivity contribution in [1.82, 2.24) is 10.0 Å². The number of nitriles is 1. The monoisotopic (exact) mass is 369 g/mol. The SMILES string of the molecule is CSC(=Nc1cc(S(=O)(=O)NC2CC2)cc([N+](=O)[O-])c1C)NC#N. The van der Waals surface area contributed by atoms with Crippen molar-refractivity contribution >= 4 is 38.3 Å². The molecule has 1 saturated carbocycles. The van der Waals surface area contributed by atoms with Gasteiger partial charge in [-0.3, -0.25) is 15.4 Å². The molecule has 0 aliphatic heterocycles. The van der Waals surface area contributed by atoms with E-state index in [1.165, 1.54) is 13.0 Å². The average Bonchev–Trinajstić information content (AvgIpc) is 3.31. The predicted octanol–water partition coefficient (Wildman–Crippen LogP) is 1.77. The van der Waals surface area contributed by atoms with Crippen molar-refractivity contribution in [1.29, 1.82) is 5.26 Å². The number of benzene rings is 1. The zero-order valence-corrected chi connectivity index (χ0v) is 14.6. The maximum Gasteiger partial charge on any atom is 0.275 e. The lowest BCUT2D eigenvalue weighted by Crippen LogP contribution is -2.25. The molecular formula is C13H15N5O4S2. The number of sulfonamides is 1. The van der Waals surface area contributed by atoms with Gasteiger partial charge >= 0.3 is 0 Å². The first-order chi connectivity index (χ1) is 11.3. The molecule has 0 atom stereocenters. The van der Waals surface area contributed by atoms with Crippen molar-refractivity contribution in [2.24, 2.45) is 4.99 Å². The van der Waals surface area contributed by atoms with Crippen LogP contribution in [-0.4, -0.2) is 30.8 Å². The maximum absolute atomic E-state index is 12.3. The van der Waals surface area contributed by atoms with Crippen molar-refractivity contribution in [2.45, 2.75) is 30.7 Å². The molecule has 0 aromatic heterocycles. The maximum atomic E-state index is 12.3. The first kappa shape index (κ1) is 18.2. The molecular weight excluding hydrogens is 354 g/mol. The van der Waals surface area contributed by atoms with Crippen LogP contribution in [0.5, 0.6) is 0 Å². The van der Waals surface area contributed by atoms with Crippen LogP contribution in [0.1, 0.15) is 18.4 Å². The fraction of sp³-hybridized carbons (Fsp3) is 0.385. The largest absolute Gasteiger partial charge is 0.275 e. The number of nitro groups is 1. The summed E-state index contributed by atoms with van der Waals surface area (Å²) in [6, 6.07) is 2.17. The first-order valence-corrected chi connectivity index (χ1v) is 9.58. The molecule has 0 saturated heterocycles. The van der Waals surface area contributed by atoms with Gasteiger partial charge < -0.3 is 0 Å². The van der Waals surface area contributed by atoms with E-state index >= 15 is 0 Å². The van der Waals surface area contributed by atoms with Crippen LogP contribution < -0.4 is 10.0 Å². The molecule has 0 bridgehead atoms. The highest BCUT2D eigenvalue weighted by Crippen LogP contribution is 2.33. The molecule has 2 rings (SSSR count). The Kier molecular flexibility index (Phi) is 5.43. The summed E-state index contributed by atoms with van der Waals surface area (Å²) in [6.45, 7) is 1.48. The van der Waals surface area contributed by atoms with Crippen molar-refractivity contribution in [3.8, 4) is 6.19 Å². The molecule has 1 aromatic rings. The molecule has 0 heterocycles. The summed E-state index contributed by atoms with van der Waals surface area (Å²) in [4.78, 5) is 14.5. The fourth-order valence-electron chi connectivity index (χ4n) is 1.89. The fourth-order valence-corrected chi connectivity index (χ4v) is 3.57. The van der Waals surface area contributed by atoms with E-state index in [2.05, 4.69) is 15.0 Å². The Morgan fingerprint density at radius 3 is 2.67 bits per heavy atom. The number of nitrogens with one attached hydrogen (secondary N) is 2. The van der Waals surface area contributed by atoms with Crippen LogP contribution >= 0.6 is 11.8 Å². The van der Waals surface area contributed by atoms with Gasteiger partial charge in [-0.2, -0.15) is 5.26 Å². The number of hydrogen-bond donors (Lipinski definition) is 2. The molecule has 0 amide bonds. The van der Waals surface area contributed by atoms with E-state index in [9.17, 15) is 18.5 Å². The third kappa shape index (κ3) is 4.22. The third-order valence-corrected chi connectivity index (χ3v) is 5.39. The second-order valence-corrected chi connectivity index (χ2v) is 7.61. The molecule has 1 fully saturated rings. The molecule has 0 spiro atoms. The Labute approximate surface area is 143 Å². The minimum atomic E-state index is -3.86. The van der Waals surface area contributed by atoms with Gasteiger partial charge in [0.2, 0.25) is 10.0 Å². The predicted molar refractivity (Wildman–Crippen MR) is 90.5 cm³/mol. The zero-order valence-electron chi connectivity index (χ0n) is 12.9. The molecule has 24 heavy (non-hydrogen) atoms. The zero-order chi connectivity index (χ0) is 17.9. The van der Waals surface area contributed by atoms with Crippen LogP contribution in [0.25, 0.3) is 0 Å². The van der Waals surface area contributed by atoms with Crippen LogP contribution in [0.2, 0.25) is 0 Å². The number of amidine groups is 1. The summed E-state index contributed by atoms with van der Waals surface area (Å²) in [5.41, 5.74) is -0.00559. The van der Waals surface area contributed by atoms with Gasteiger partial charge in [-0.15, -0.1) is 0 Å². The van der Waals surface area contributed by atoms with Crippen molar-refractivity contribution in [2.75, 3.05) is 6.26 Å². The number of rotatable bonds is 5. The van der Waals surface area contributed by atoms with Crippen LogP contribution in [-0.2, 0) is 10.0 Å². The van der Waals surface area contributed by atoms with Crippen LogP contribution in [0.3, 0.4) is 0 Å². The summed E-state index contributed by atoms with van der Waals surface area (Å²) in [5, 5.41) is 22.5. The standard InChI is InChI=1S/C13H15N5O4S2/c1-8-11(16-13(23-2)15-7-14)5-10(6-12(8)18(19)20)24(21,22)17-9-3-4-9/h5-6,9,17H,3-4H2,1-2H3,(H,15,16). The quantitative estimate of drug-likeness (QED) is 0.201. The van der Waals surface area contributed by atoms with Gasteiger partial charge in [-0.05, 0) is 32.1 Å². The molecule has 11 heteroatoms. The van der Waals surface area contributed by atoms with Crippen molar-refractivity contribution in [3.05, 3.63) is 27.8 Å². The van der Waals surface area contributed by atoms with Gasteiger partial charge in [-0.1, -0.05) is 11.8 Å². The number of nitrogens with zero attached hydrogens (tertiary/aromatic N) is 3. The van der Waals surface area contributed by atoms with E-state index < -0.39 is 14.9 Å². The Morgan fingerprint density at radius 1 is 1.50 bits per heavy atom. The molecule has 0 radical (unpaired) electrons. The summed E-state index contributed by atoms with van der Waals surface area (Å²) < 4.78 is 27.2. The van der Waals surface area contributed by atoms with E-state index in [4.69, 9.17) is 5.26 Å². The molecule has 0 unspecified atom stereocenters. The lowest BCUT2D eigenvalue weighted by Gasteiger charge is -2.09. The molecule has 1 aliphatic carbocycles. The summed E-state index contributed by atoms with van der Waals surface area (Å²) >= 11 is 1.13. The van der Waals surface area contributed by atoms with Crippen molar-refractivity contribution in [3.63, 3.8) is 0 Å². The number of thioether (sulfide) groups is 1. The summed E-state index contributed by atoms with van der Waals surface area (Å²) in [5.74, 6) is 0. The molecule has 9 nitrogen and oxygen atoms in total. The second kappa shape index (κ2) is 7.16. The Hall–Kier alpha value is -2.16. The highest BCUT2D eigenvalue weighted by molar-refractivity contribution is 8.13. The van der Waals surface area contributed by atoms with Crippen LogP contribution in [0.15, 0.2) is 22.0 Å². The summed E-state index contributed by atoms with van der Waals surface area (Å²) in [7, 11) is -3.86. The highest BCUT2D eigenvalue weighted by atomic mass is 32.2. The van der Waals surface area contributed by atoms with E-state index in [-0.39, 0.29) is 33.0 Å². The normalized spacial score (nSPS) is 15.0. The molecule has 2 N–H and O–H groups in total. The lowest BCUT2D eigenvalue weighted by molar-refractivity contribution is -0.385. The van der Waals surface area contributed by atoms with Gasteiger partial charge in [-0.25, -0.2) is 18.1 Å². The highest BCUT2D eigenvalue weighted by Gasteiger charge is 2.30. The van der Waals surface area contributed by atoms with Gasteiger partial charge in [0.1, 0.15) is 0 Å². The second-order valence-electron chi connectivity index (χ2n) is 5.10. The minimum Gasteiger partial charge on any atom is -0.271 e. The summed E-state index contributed by atoms with van der Waals surface area (Å²) in [6.07, 6.45) is 4.88. The van der Waals surface area contributed by atoms with Gasteiger partial charge in [0.05, 0.1) is 21.1 Å². The van der Waals surface area contributed by atoms with Gasteiger partial charge in [0.25, 0.3) is 5.69 Å². The average molecular weight is 369 g/mol. The van der Waals surface area contributed by atoms with E-state index in [1.54, 1.807) is 12.4 Å². The topological polar surface area (TPSA) is 137 Å². The van der Waals surface area contributed by atoms with Crippen LogP contribution in [0, 0.1) is 28.5 Å². The smallest absolute Gasteiger partial charge is 0.271 e. The number of hydrogen-bond acceptors (Lipinski definition) is 7. The number of nitro benzene ring substituents is 1. The Balaban J connectivity index is 2.57. The molecule has 1 aliphatic rings. The minimum absolute atomic E-state index is 0.118. The van der Waals surface area contributed by atoms with Gasteiger partial charge in [0, 0.05) is 12.1 Å². The first-order valence-electron chi connectivity index (χ1n) is 6.87. The van der Waals surface area contributed by atoms with Crippen LogP contribution in [0.4, 0.5) is 11.4 Å². The molecule has 128 valence electrons. The Morgan fingerprint density at radius 2 is 2.17 bits per heavy atom. The van der Waals surface area contributed by atoms with Gasteiger partial charge in [0.15, 0.2) is 11.4 Å².